The molecule has 1 N–H and O–H groups in total. The zero-order chi connectivity index (χ0) is 12.1. The van der Waals surface area contributed by atoms with Gasteiger partial charge >= 0.3 is 5.97 Å². The molecule has 0 aliphatic heterocycles. The number of rotatable bonds is 4. The van der Waals surface area contributed by atoms with Crippen molar-refractivity contribution in [1.82, 2.24) is 0 Å². The van der Waals surface area contributed by atoms with Crippen LogP contribution in [0.1, 0.15) is 10.4 Å². The smallest absolute Gasteiger partial charge is 0.342 e. The van der Waals surface area contributed by atoms with Crippen LogP contribution in [-0.2, 0) is 4.74 Å². The van der Waals surface area contributed by atoms with Crippen molar-refractivity contribution in [2.45, 2.75) is 0 Å². The molecule has 0 fully saturated rings. The Morgan fingerprint density at radius 2 is 2.12 bits per heavy atom. The number of benzene rings is 1. The van der Waals surface area contributed by atoms with Crippen LogP contribution in [0, 0.1) is 0 Å². The van der Waals surface area contributed by atoms with Crippen LogP contribution in [0.5, 0.6) is 5.75 Å². The lowest BCUT2D eigenvalue weighted by Crippen LogP contribution is -2.10. The topological polar surface area (TPSA) is 55.8 Å². The molecular formula is C10H10Cl2O4. The molecule has 0 unspecified atom stereocenters. The van der Waals surface area contributed by atoms with E-state index in [4.69, 9.17) is 37.8 Å². The molecule has 88 valence electrons. The molecule has 0 spiro atoms. The fourth-order valence-corrected chi connectivity index (χ4v) is 1.71. The minimum atomic E-state index is -0.643. The van der Waals surface area contributed by atoms with Crippen LogP contribution >= 0.6 is 23.2 Å². The van der Waals surface area contributed by atoms with Crippen LogP contribution in [0.3, 0.4) is 0 Å². The van der Waals surface area contributed by atoms with E-state index in [-0.39, 0.29) is 29.5 Å². The van der Waals surface area contributed by atoms with Crippen molar-refractivity contribution in [3.8, 4) is 5.75 Å². The summed E-state index contributed by atoms with van der Waals surface area (Å²) in [4.78, 5) is 11.6. The summed E-state index contributed by atoms with van der Waals surface area (Å²) in [7, 11) is 1.39. The summed E-state index contributed by atoms with van der Waals surface area (Å²) in [5, 5.41) is 9.07. The highest BCUT2D eigenvalue weighted by molar-refractivity contribution is 6.36. The summed E-state index contributed by atoms with van der Waals surface area (Å²) in [5.74, 6) is -0.440. The normalized spacial score (nSPS) is 10.0. The van der Waals surface area contributed by atoms with E-state index in [1.54, 1.807) is 0 Å². The van der Waals surface area contributed by atoms with Crippen LogP contribution < -0.4 is 4.74 Å². The van der Waals surface area contributed by atoms with Gasteiger partial charge in [0.1, 0.15) is 12.2 Å². The Kier molecular flexibility index (Phi) is 4.86. The first kappa shape index (κ1) is 13.1. The minimum Gasteiger partial charge on any atom is -0.494 e. The molecule has 4 nitrogen and oxygen atoms in total. The maximum atomic E-state index is 11.6. The van der Waals surface area contributed by atoms with E-state index in [9.17, 15) is 4.79 Å². The Hall–Kier alpha value is -0.970. The molecule has 0 heterocycles. The van der Waals surface area contributed by atoms with Gasteiger partial charge < -0.3 is 14.6 Å². The third kappa shape index (κ3) is 3.01. The summed E-state index contributed by atoms with van der Waals surface area (Å²) in [5.41, 5.74) is 0.133. The molecular weight excluding hydrogens is 255 g/mol. The molecule has 0 saturated heterocycles. The van der Waals surface area contributed by atoms with E-state index in [2.05, 4.69) is 0 Å². The minimum absolute atomic E-state index is 0.0912. The molecule has 0 saturated carbocycles. The van der Waals surface area contributed by atoms with Crippen LogP contribution in [0.15, 0.2) is 12.1 Å². The van der Waals surface area contributed by atoms with E-state index in [1.165, 1.54) is 19.2 Å². The van der Waals surface area contributed by atoms with Crippen molar-refractivity contribution in [2.24, 2.45) is 0 Å². The zero-order valence-corrected chi connectivity index (χ0v) is 10.0. The summed E-state index contributed by atoms with van der Waals surface area (Å²) in [6.45, 7) is -0.339. The molecule has 0 radical (unpaired) electrons. The summed E-state index contributed by atoms with van der Waals surface area (Å²) in [6.07, 6.45) is 0. The summed E-state index contributed by atoms with van der Waals surface area (Å²) in [6, 6.07) is 2.86. The van der Waals surface area contributed by atoms with Gasteiger partial charge in [-0.05, 0) is 12.1 Å². The molecule has 0 atom stereocenters. The maximum Gasteiger partial charge on any atom is 0.342 e. The number of ether oxygens (including phenoxy) is 2. The Balaban J connectivity index is 3.05. The van der Waals surface area contributed by atoms with Gasteiger partial charge in [-0.15, -0.1) is 0 Å². The Labute approximate surface area is 103 Å². The first-order valence-electron chi connectivity index (χ1n) is 4.41. The van der Waals surface area contributed by atoms with Crippen molar-refractivity contribution < 1.29 is 19.4 Å². The second-order valence-corrected chi connectivity index (χ2v) is 3.67. The third-order valence-corrected chi connectivity index (χ3v) is 2.26. The molecule has 0 aliphatic rings. The van der Waals surface area contributed by atoms with Crippen molar-refractivity contribution in [2.75, 3.05) is 20.3 Å². The fraction of sp³-hybridized carbons (Fsp3) is 0.300. The number of hydrogen-bond donors (Lipinski definition) is 1. The highest BCUT2D eigenvalue weighted by Gasteiger charge is 2.17. The van der Waals surface area contributed by atoms with E-state index < -0.39 is 5.97 Å². The first-order chi connectivity index (χ1) is 7.60. The highest BCUT2D eigenvalue weighted by atomic mass is 35.5. The van der Waals surface area contributed by atoms with Crippen molar-refractivity contribution >= 4 is 29.2 Å². The first-order valence-corrected chi connectivity index (χ1v) is 5.16. The number of aliphatic hydroxyl groups is 1. The molecule has 0 aliphatic carbocycles. The van der Waals surface area contributed by atoms with Crippen molar-refractivity contribution in [3.05, 3.63) is 27.7 Å². The van der Waals surface area contributed by atoms with Gasteiger partial charge in [0, 0.05) is 5.02 Å². The number of halogens is 2. The van der Waals surface area contributed by atoms with Crippen LogP contribution in [0.2, 0.25) is 10.0 Å². The van der Waals surface area contributed by atoms with Crippen LogP contribution in [0.25, 0.3) is 0 Å². The lowest BCUT2D eigenvalue weighted by molar-refractivity contribution is 0.0430. The van der Waals surface area contributed by atoms with Crippen LogP contribution in [-0.4, -0.2) is 31.4 Å². The summed E-state index contributed by atoms with van der Waals surface area (Å²) >= 11 is 11.6. The number of methoxy groups -OCH3 is 1. The number of carbonyl (C=O) groups is 1. The lowest BCUT2D eigenvalue weighted by atomic mass is 10.2. The molecule has 16 heavy (non-hydrogen) atoms. The van der Waals surface area contributed by atoms with E-state index in [1.807, 2.05) is 0 Å². The monoisotopic (exact) mass is 264 g/mol. The van der Waals surface area contributed by atoms with E-state index >= 15 is 0 Å². The Morgan fingerprint density at radius 3 is 2.69 bits per heavy atom. The average Bonchev–Trinajstić information content (AvgIpc) is 2.24. The summed E-state index contributed by atoms with van der Waals surface area (Å²) < 4.78 is 9.72. The number of hydrogen-bond acceptors (Lipinski definition) is 4. The zero-order valence-electron chi connectivity index (χ0n) is 8.50. The maximum absolute atomic E-state index is 11.6. The van der Waals surface area contributed by atoms with Gasteiger partial charge in [-0.1, -0.05) is 23.2 Å². The third-order valence-electron chi connectivity index (χ3n) is 1.76. The SMILES string of the molecule is COc1c(Cl)cc(Cl)cc1C(=O)OCCO. The Bertz CT molecular complexity index is 393. The Morgan fingerprint density at radius 1 is 1.44 bits per heavy atom. The van der Waals surface area contributed by atoms with Gasteiger partial charge in [-0.3, -0.25) is 0 Å². The van der Waals surface area contributed by atoms with Gasteiger partial charge in [0.15, 0.2) is 5.75 Å². The van der Waals surface area contributed by atoms with Gasteiger partial charge in [0.2, 0.25) is 0 Å². The number of aliphatic hydroxyl groups excluding tert-OH is 1. The van der Waals surface area contributed by atoms with E-state index in [0.29, 0.717) is 5.02 Å². The van der Waals surface area contributed by atoms with Gasteiger partial charge in [-0.2, -0.15) is 0 Å². The van der Waals surface area contributed by atoms with Crippen molar-refractivity contribution in [1.29, 1.82) is 0 Å². The molecule has 1 rings (SSSR count). The molecule has 0 bridgehead atoms. The average molecular weight is 265 g/mol. The molecule has 1 aromatic carbocycles. The highest BCUT2D eigenvalue weighted by Crippen LogP contribution is 2.32. The second-order valence-electron chi connectivity index (χ2n) is 2.83. The van der Waals surface area contributed by atoms with Gasteiger partial charge in [0.05, 0.1) is 18.7 Å². The number of esters is 1. The molecule has 6 heteroatoms. The molecule has 0 aromatic heterocycles. The predicted octanol–water partition coefficient (Wildman–Crippen LogP) is 2.15. The predicted molar refractivity (Wildman–Crippen MR) is 60.4 cm³/mol. The molecule has 1 aromatic rings. The van der Waals surface area contributed by atoms with Crippen molar-refractivity contribution in [3.63, 3.8) is 0 Å². The quantitative estimate of drug-likeness (QED) is 0.847. The fourth-order valence-electron chi connectivity index (χ4n) is 1.14. The van der Waals surface area contributed by atoms with Crippen LogP contribution in [0.4, 0.5) is 0 Å². The van der Waals surface area contributed by atoms with E-state index in [0.717, 1.165) is 0 Å². The lowest BCUT2D eigenvalue weighted by Gasteiger charge is -2.10. The van der Waals surface area contributed by atoms with Gasteiger partial charge in [-0.25, -0.2) is 4.79 Å². The number of carbonyl (C=O) groups excluding carboxylic acids is 1. The largest absolute Gasteiger partial charge is 0.494 e. The second kappa shape index (κ2) is 5.94. The standard InChI is InChI=1S/C10H10Cl2O4/c1-15-9-7(10(14)16-3-2-13)4-6(11)5-8(9)12/h4-5,13H,2-3H2,1H3. The molecule has 0 amide bonds. The van der Waals surface area contributed by atoms with Gasteiger partial charge in [0.25, 0.3) is 0 Å².